The Hall–Kier alpha value is -0.510. The van der Waals surface area contributed by atoms with Crippen LogP contribution in [0.5, 0.6) is 0 Å². The van der Waals surface area contributed by atoms with Gasteiger partial charge in [-0.3, -0.25) is 0 Å². The molecule has 0 amide bonds. The van der Waals surface area contributed by atoms with E-state index in [1.54, 1.807) is 23.1 Å². The molecule has 0 spiro atoms. The van der Waals surface area contributed by atoms with Crippen molar-refractivity contribution < 1.29 is 5.11 Å². The van der Waals surface area contributed by atoms with Gasteiger partial charge in [0.25, 0.3) is 0 Å². The molecule has 0 atom stereocenters. The van der Waals surface area contributed by atoms with Gasteiger partial charge >= 0.3 is 0 Å². The van der Waals surface area contributed by atoms with Crippen LogP contribution in [0.4, 0.5) is 0 Å². The molecule has 0 radical (unpaired) electrons. The van der Waals surface area contributed by atoms with Crippen molar-refractivity contribution >= 4 is 33.2 Å². The Balaban J connectivity index is 2.80. The van der Waals surface area contributed by atoms with Gasteiger partial charge in [0.15, 0.2) is 0 Å². The maximum atomic E-state index is 9.21. The lowest BCUT2D eigenvalue weighted by Crippen LogP contribution is -1.84. The number of aliphatic hydroxyl groups excluding tert-OH is 1. The second-order valence-corrected chi connectivity index (χ2v) is 4.94. The van der Waals surface area contributed by atoms with Crippen LogP contribution in [0.25, 0.3) is 10.1 Å². The van der Waals surface area contributed by atoms with Crippen molar-refractivity contribution in [2.45, 2.75) is 18.4 Å². The average Bonchev–Trinajstić information content (AvgIpc) is 2.63. The summed E-state index contributed by atoms with van der Waals surface area (Å²) >= 11 is 3.49. The third-order valence-corrected chi connectivity index (χ3v) is 4.33. The van der Waals surface area contributed by atoms with Crippen LogP contribution in [0.1, 0.15) is 11.1 Å². The zero-order valence-corrected chi connectivity index (χ0v) is 9.84. The zero-order chi connectivity index (χ0) is 10.1. The molecule has 1 aromatic carbocycles. The Morgan fingerprint density at radius 2 is 2.21 bits per heavy atom. The van der Waals surface area contributed by atoms with Crippen LogP contribution >= 0.6 is 23.1 Å². The number of thiophene rings is 1. The molecular weight excluding hydrogens is 212 g/mol. The first-order chi connectivity index (χ1) is 6.77. The fraction of sp³-hybridized carbons (Fsp3) is 0.273. The van der Waals surface area contributed by atoms with E-state index in [0.717, 1.165) is 5.56 Å². The summed E-state index contributed by atoms with van der Waals surface area (Å²) < 4.78 is 1.23. The van der Waals surface area contributed by atoms with Gasteiger partial charge in [-0.15, -0.1) is 23.1 Å². The number of aryl methyl sites for hydroxylation is 1. The SMILES string of the molecule is CSc1csc2c(CO)ccc(C)c12. The first-order valence-corrected chi connectivity index (χ1v) is 6.53. The summed E-state index contributed by atoms with van der Waals surface area (Å²) in [5.41, 5.74) is 2.33. The van der Waals surface area contributed by atoms with Crippen molar-refractivity contribution in [3.05, 3.63) is 28.6 Å². The van der Waals surface area contributed by atoms with E-state index in [-0.39, 0.29) is 6.61 Å². The van der Waals surface area contributed by atoms with Gasteiger partial charge < -0.3 is 5.11 Å². The number of rotatable bonds is 2. The van der Waals surface area contributed by atoms with Crippen LogP contribution in [-0.2, 0) is 6.61 Å². The minimum Gasteiger partial charge on any atom is -0.392 e. The van der Waals surface area contributed by atoms with Gasteiger partial charge in [0.2, 0.25) is 0 Å². The number of fused-ring (bicyclic) bond motifs is 1. The van der Waals surface area contributed by atoms with Crippen molar-refractivity contribution in [2.24, 2.45) is 0 Å². The molecule has 0 saturated heterocycles. The Labute approximate surface area is 91.8 Å². The molecule has 1 heterocycles. The Bertz CT molecular complexity index is 460. The topological polar surface area (TPSA) is 20.2 Å². The second kappa shape index (κ2) is 3.93. The lowest BCUT2D eigenvalue weighted by atomic mass is 10.1. The minimum atomic E-state index is 0.130. The standard InChI is InChI=1S/C11H12OS2/c1-7-3-4-8(5-12)11-10(7)9(13-2)6-14-11/h3-4,6,12H,5H2,1-2H3. The summed E-state index contributed by atoms with van der Waals surface area (Å²) in [5.74, 6) is 0. The van der Waals surface area contributed by atoms with Gasteiger partial charge in [-0.25, -0.2) is 0 Å². The Morgan fingerprint density at radius 3 is 2.86 bits per heavy atom. The van der Waals surface area contributed by atoms with E-state index in [4.69, 9.17) is 0 Å². The molecule has 0 aliphatic heterocycles. The Morgan fingerprint density at radius 1 is 1.43 bits per heavy atom. The van der Waals surface area contributed by atoms with Crippen LogP contribution in [-0.4, -0.2) is 11.4 Å². The molecule has 0 unspecified atom stereocenters. The predicted molar refractivity (Wildman–Crippen MR) is 64.3 cm³/mol. The van der Waals surface area contributed by atoms with Crippen LogP contribution in [0.2, 0.25) is 0 Å². The minimum absolute atomic E-state index is 0.130. The van der Waals surface area contributed by atoms with E-state index < -0.39 is 0 Å². The summed E-state index contributed by atoms with van der Waals surface area (Å²) in [6.07, 6.45) is 2.09. The highest BCUT2D eigenvalue weighted by atomic mass is 32.2. The molecule has 0 bridgehead atoms. The lowest BCUT2D eigenvalue weighted by molar-refractivity contribution is 0.283. The monoisotopic (exact) mass is 224 g/mol. The molecule has 1 nitrogen and oxygen atoms in total. The van der Waals surface area contributed by atoms with Gasteiger partial charge in [-0.05, 0) is 24.3 Å². The lowest BCUT2D eigenvalue weighted by Gasteiger charge is -2.03. The fourth-order valence-corrected chi connectivity index (χ4v) is 3.69. The van der Waals surface area contributed by atoms with Gasteiger partial charge in [-0.1, -0.05) is 12.1 Å². The molecule has 74 valence electrons. The summed E-state index contributed by atoms with van der Waals surface area (Å²) in [4.78, 5) is 1.32. The highest BCUT2D eigenvalue weighted by Crippen LogP contribution is 2.36. The fourth-order valence-electron chi connectivity index (χ4n) is 1.61. The van der Waals surface area contributed by atoms with E-state index in [0.29, 0.717) is 0 Å². The number of thioether (sulfide) groups is 1. The predicted octanol–water partition coefficient (Wildman–Crippen LogP) is 3.42. The second-order valence-electron chi connectivity index (χ2n) is 3.21. The van der Waals surface area contributed by atoms with E-state index in [9.17, 15) is 5.11 Å². The molecule has 0 saturated carbocycles. The van der Waals surface area contributed by atoms with Crippen molar-refractivity contribution in [2.75, 3.05) is 6.26 Å². The smallest absolute Gasteiger partial charge is 0.0695 e. The van der Waals surface area contributed by atoms with Crippen molar-refractivity contribution in [3.8, 4) is 0 Å². The number of hydrogen-bond acceptors (Lipinski definition) is 3. The zero-order valence-electron chi connectivity index (χ0n) is 8.20. The van der Waals surface area contributed by atoms with Crippen LogP contribution in [0, 0.1) is 6.92 Å². The van der Waals surface area contributed by atoms with Crippen molar-refractivity contribution in [3.63, 3.8) is 0 Å². The summed E-state index contributed by atoms with van der Waals surface area (Å²) in [7, 11) is 0. The van der Waals surface area contributed by atoms with Crippen LogP contribution < -0.4 is 0 Å². The molecule has 0 aliphatic carbocycles. The van der Waals surface area contributed by atoms with Gasteiger partial charge in [0, 0.05) is 20.4 Å². The normalized spacial score (nSPS) is 11.1. The molecule has 0 aliphatic rings. The van der Waals surface area contributed by atoms with Crippen LogP contribution in [0.3, 0.4) is 0 Å². The van der Waals surface area contributed by atoms with Gasteiger partial charge in [-0.2, -0.15) is 0 Å². The van der Waals surface area contributed by atoms with Crippen molar-refractivity contribution in [1.29, 1.82) is 0 Å². The molecule has 14 heavy (non-hydrogen) atoms. The maximum absolute atomic E-state index is 9.21. The van der Waals surface area contributed by atoms with E-state index in [2.05, 4.69) is 24.6 Å². The van der Waals surface area contributed by atoms with Gasteiger partial charge in [0.05, 0.1) is 6.61 Å². The molecule has 3 heteroatoms. The molecule has 2 rings (SSSR count). The molecule has 1 N–H and O–H groups in total. The molecule has 2 aromatic rings. The molecule has 0 fully saturated rings. The van der Waals surface area contributed by atoms with E-state index in [1.807, 2.05) is 6.07 Å². The third kappa shape index (κ3) is 1.45. The number of benzene rings is 1. The van der Waals surface area contributed by atoms with Crippen molar-refractivity contribution in [1.82, 2.24) is 0 Å². The summed E-state index contributed by atoms with van der Waals surface area (Å²) in [5, 5.41) is 12.7. The molecular formula is C11H12OS2. The number of aliphatic hydroxyl groups is 1. The van der Waals surface area contributed by atoms with Gasteiger partial charge in [0.1, 0.15) is 0 Å². The maximum Gasteiger partial charge on any atom is 0.0695 e. The first-order valence-electron chi connectivity index (χ1n) is 4.42. The van der Waals surface area contributed by atoms with E-state index >= 15 is 0 Å². The van der Waals surface area contributed by atoms with Crippen LogP contribution in [0.15, 0.2) is 22.4 Å². The largest absolute Gasteiger partial charge is 0.392 e. The highest BCUT2D eigenvalue weighted by molar-refractivity contribution is 7.99. The highest BCUT2D eigenvalue weighted by Gasteiger charge is 2.09. The average molecular weight is 224 g/mol. The quantitative estimate of drug-likeness (QED) is 0.789. The third-order valence-electron chi connectivity index (χ3n) is 2.37. The molecule has 1 aromatic heterocycles. The number of hydrogen-bond donors (Lipinski definition) is 1. The summed E-state index contributed by atoms with van der Waals surface area (Å²) in [6.45, 7) is 2.25. The summed E-state index contributed by atoms with van der Waals surface area (Å²) in [6, 6.07) is 4.10. The first kappa shape index (κ1) is 10.0. The Kier molecular flexibility index (Phi) is 2.81. The van der Waals surface area contributed by atoms with E-state index in [1.165, 1.54) is 20.5 Å².